The Hall–Kier alpha value is -1.43. The van der Waals surface area contributed by atoms with E-state index in [1.807, 2.05) is 38.1 Å². The van der Waals surface area contributed by atoms with Crippen LogP contribution in [0.15, 0.2) is 11.6 Å². The Morgan fingerprint density at radius 3 is 2.77 bits per heavy atom. The zero-order chi connectivity index (χ0) is 16.3. The maximum atomic E-state index is 12.6. The Balaban J connectivity index is 1.96. The summed E-state index contributed by atoms with van der Waals surface area (Å²) in [6.07, 6.45) is 3.50. The van der Waals surface area contributed by atoms with Crippen LogP contribution in [0.1, 0.15) is 38.6 Å². The molecule has 1 saturated heterocycles. The van der Waals surface area contributed by atoms with Crippen molar-refractivity contribution in [2.45, 2.75) is 40.2 Å². The van der Waals surface area contributed by atoms with Gasteiger partial charge >= 0.3 is 0 Å². The average molecular weight is 323 g/mol. The van der Waals surface area contributed by atoms with Crippen LogP contribution in [-0.2, 0) is 16.1 Å². The lowest BCUT2D eigenvalue weighted by atomic mass is 9.90. The summed E-state index contributed by atoms with van der Waals surface area (Å²) in [4.78, 5) is 32.8. The standard InChI is InChI=1S/C16H25N3O2S/c1-16(2,3)15(21)19-8-5-6-12(10-19)14(20)18(4)11-13-17-7-9-22-13/h7,9,12H,5-6,8,10-11H2,1-4H3. The first kappa shape index (κ1) is 16.9. The molecule has 0 radical (unpaired) electrons. The Morgan fingerprint density at radius 1 is 1.45 bits per heavy atom. The van der Waals surface area contributed by atoms with E-state index in [-0.39, 0.29) is 17.7 Å². The molecule has 0 aliphatic carbocycles. The number of carbonyl (C=O) groups excluding carboxylic acids is 2. The van der Waals surface area contributed by atoms with Gasteiger partial charge < -0.3 is 9.80 Å². The van der Waals surface area contributed by atoms with E-state index in [1.165, 1.54) is 0 Å². The van der Waals surface area contributed by atoms with Crippen molar-refractivity contribution >= 4 is 23.2 Å². The van der Waals surface area contributed by atoms with E-state index >= 15 is 0 Å². The van der Waals surface area contributed by atoms with Crippen LogP contribution in [-0.4, -0.2) is 46.7 Å². The molecule has 0 spiro atoms. The Morgan fingerprint density at radius 2 is 2.18 bits per heavy atom. The number of piperidine rings is 1. The van der Waals surface area contributed by atoms with E-state index < -0.39 is 5.41 Å². The second-order valence-corrected chi connectivity index (χ2v) is 7.94. The highest BCUT2D eigenvalue weighted by atomic mass is 32.1. The first-order chi connectivity index (χ1) is 10.3. The number of thiazole rings is 1. The maximum absolute atomic E-state index is 12.6. The zero-order valence-electron chi connectivity index (χ0n) is 13.8. The van der Waals surface area contributed by atoms with Crippen LogP contribution in [0.2, 0.25) is 0 Å². The summed E-state index contributed by atoms with van der Waals surface area (Å²) in [6, 6.07) is 0. The molecule has 2 amide bonds. The van der Waals surface area contributed by atoms with E-state index in [4.69, 9.17) is 0 Å². The van der Waals surface area contributed by atoms with E-state index in [0.29, 0.717) is 13.1 Å². The van der Waals surface area contributed by atoms with E-state index in [0.717, 1.165) is 24.4 Å². The van der Waals surface area contributed by atoms with Gasteiger partial charge in [-0.3, -0.25) is 9.59 Å². The van der Waals surface area contributed by atoms with Crippen LogP contribution < -0.4 is 0 Å². The van der Waals surface area contributed by atoms with Gasteiger partial charge in [0.2, 0.25) is 11.8 Å². The minimum absolute atomic E-state index is 0.0926. The number of carbonyl (C=O) groups is 2. The Bertz CT molecular complexity index is 522. The molecule has 0 N–H and O–H groups in total. The predicted molar refractivity (Wildman–Crippen MR) is 87.3 cm³/mol. The normalized spacial score (nSPS) is 19.1. The van der Waals surface area contributed by atoms with E-state index in [1.54, 1.807) is 22.4 Å². The predicted octanol–water partition coefficient (Wildman–Crippen LogP) is 2.39. The monoisotopic (exact) mass is 323 g/mol. The van der Waals surface area contributed by atoms with Gasteiger partial charge in [0.25, 0.3) is 0 Å². The Labute approximate surface area is 136 Å². The van der Waals surface area contributed by atoms with Crippen LogP contribution in [0.4, 0.5) is 0 Å². The molecule has 1 fully saturated rings. The third-order valence-electron chi connectivity index (χ3n) is 3.93. The molecule has 122 valence electrons. The summed E-state index contributed by atoms with van der Waals surface area (Å²) in [5.74, 6) is 0.152. The van der Waals surface area contributed by atoms with Gasteiger partial charge in [0, 0.05) is 37.1 Å². The first-order valence-electron chi connectivity index (χ1n) is 7.72. The van der Waals surface area contributed by atoms with Gasteiger partial charge in [-0.15, -0.1) is 11.3 Å². The van der Waals surface area contributed by atoms with Gasteiger partial charge in [0.05, 0.1) is 12.5 Å². The number of hydrogen-bond donors (Lipinski definition) is 0. The molecule has 5 nitrogen and oxygen atoms in total. The molecule has 2 rings (SSSR count). The summed E-state index contributed by atoms with van der Waals surface area (Å²) in [6.45, 7) is 7.62. The van der Waals surface area contributed by atoms with Crippen molar-refractivity contribution in [3.63, 3.8) is 0 Å². The van der Waals surface area contributed by atoms with E-state index in [9.17, 15) is 9.59 Å². The number of nitrogens with zero attached hydrogens (tertiary/aromatic N) is 3. The summed E-state index contributed by atoms with van der Waals surface area (Å²) in [5.41, 5.74) is -0.391. The third kappa shape index (κ3) is 4.06. The molecule has 1 unspecified atom stereocenters. The highest BCUT2D eigenvalue weighted by Crippen LogP contribution is 2.24. The van der Waals surface area contributed by atoms with Crippen molar-refractivity contribution in [1.29, 1.82) is 0 Å². The van der Waals surface area contributed by atoms with Gasteiger partial charge in [-0.05, 0) is 12.8 Å². The van der Waals surface area contributed by atoms with E-state index in [2.05, 4.69) is 4.98 Å². The van der Waals surface area contributed by atoms with Crippen LogP contribution >= 0.6 is 11.3 Å². The molecule has 0 saturated carbocycles. The van der Waals surface area contributed by atoms with Crippen molar-refractivity contribution in [3.05, 3.63) is 16.6 Å². The zero-order valence-corrected chi connectivity index (χ0v) is 14.7. The molecule has 6 heteroatoms. The summed E-state index contributed by atoms with van der Waals surface area (Å²) >= 11 is 1.55. The third-order valence-corrected chi connectivity index (χ3v) is 4.70. The SMILES string of the molecule is CN(Cc1nccs1)C(=O)C1CCCN(C(=O)C(C)(C)C)C1. The fourth-order valence-corrected chi connectivity index (χ4v) is 3.43. The Kier molecular flexibility index (Phi) is 5.21. The molecule has 0 bridgehead atoms. The lowest BCUT2D eigenvalue weighted by Gasteiger charge is -2.37. The van der Waals surface area contributed by atoms with Gasteiger partial charge in [0.15, 0.2) is 0 Å². The molecule has 1 atom stereocenters. The fourth-order valence-electron chi connectivity index (χ4n) is 2.76. The molecule has 1 aliphatic heterocycles. The quantitative estimate of drug-likeness (QED) is 0.858. The second kappa shape index (κ2) is 6.77. The lowest BCUT2D eigenvalue weighted by Crippen LogP contribution is -2.48. The van der Waals surface area contributed by atoms with Crippen molar-refractivity contribution in [2.24, 2.45) is 11.3 Å². The molecular formula is C16H25N3O2S. The second-order valence-electron chi connectivity index (χ2n) is 6.96. The molecule has 22 heavy (non-hydrogen) atoms. The first-order valence-corrected chi connectivity index (χ1v) is 8.59. The van der Waals surface area contributed by atoms with Crippen LogP contribution in [0.5, 0.6) is 0 Å². The number of likely N-dealkylation sites (tertiary alicyclic amines) is 1. The minimum Gasteiger partial charge on any atom is -0.341 e. The number of rotatable bonds is 3. The van der Waals surface area contributed by atoms with Crippen LogP contribution in [0.25, 0.3) is 0 Å². The smallest absolute Gasteiger partial charge is 0.227 e. The summed E-state index contributed by atoms with van der Waals surface area (Å²) in [7, 11) is 1.81. The topological polar surface area (TPSA) is 53.5 Å². The summed E-state index contributed by atoms with van der Waals surface area (Å²) in [5, 5.41) is 2.85. The van der Waals surface area contributed by atoms with Crippen LogP contribution in [0, 0.1) is 11.3 Å². The van der Waals surface area contributed by atoms with Crippen molar-refractivity contribution in [2.75, 3.05) is 20.1 Å². The van der Waals surface area contributed by atoms with Crippen molar-refractivity contribution in [3.8, 4) is 0 Å². The average Bonchev–Trinajstić information content (AvgIpc) is 2.97. The number of amides is 2. The maximum Gasteiger partial charge on any atom is 0.227 e. The highest BCUT2D eigenvalue weighted by molar-refractivity contribution is 7.09. The minimum atomic E-state index is -0.391. The van der Waals surface area contributed by atoms with Gasteiger partial charge in [0.1, 0.15) is 5.01 Å². The fraction of sp³-hybridized carbons (Fsp3) is 0.688. The van der Waals surface area contributed by atoms with Gasteiger partial charge in [-0.1, -0.05) is 20.8 Å². The summed E-state index contributed by atoms with van der Waals surface area (Å²) < 4.78 is 0. The lowest BCUT2D eigenvalue weighted by molar-refractivity contribution is -0.145. The molecule has 1 aliphatic rings. The molecular weight excluding hydrogens is 298 g/mol. The largest absolute Gasteiger partial charge is 0.341 e. The highest BCUT2D eigenvalue weighted by Gasteiger charge is 2.34. The van der Waals surface area contributed by atoms with Crippen molar-refractivity contribution in [1.82, 2.24) is 14.8 Å². The van der Waals surface area contributed by atoms with Gasteiger partial charge in [-0.2, -0.15) is 0 Å². The van der Waals surface area contributed by atoms with Crippen LogP contribution in [0.3, 0.4) is 0 Å². The van der Waals surface area contributed by atoms with Gasteiger partial charge in [-0.25, -0.2) is 4.98 Å². The number of hydrogen-bond acceptors (Lipinski definition) is 4. The number of aromatic nitrogens is 1. The molecule has 0 aromatic carbocycles. The molecule has 2 heterocycles. The molecule has 1 aromatic heterocycles. The molecule has 1 aromatic rings. The van der Waals surface area contributed by atoms with Crippen molar-refractivity contribution < 1.29 is 9.59 Å².